The lowest BCUT2D eigenvalue weighted by atomic mass is 9.95. The Balaban J connectivity index is 1.84. The number of carbonyl (C=O) groups excluding carboxylic acids is 2. The number of amides is 2. The molecule has 0 bridgehead atoms. The molecule has 0 spiro atoms. The summed E-state index contributed by atoms with van der Waals surface area (Å²) in [7, 11) is 1.51. The molecule has 0 aliphatic carbocycles. The molecule has 1 fully saturated rings. The Bertz CT molecular complexity index is 1100. The predicted molar refractivity (Wildman–Crippen MR) is 130 cm³/mol. The van der Waals surface area contributed by atoms with Crippen LogP contribution in [0.1, 0.15) is 56.8 Å². The van der Waals surface area contributed by atoms with E-state index in [2.05, 4.69) is 32.0 Å². The number of nitrogens with zero attached hydrogens (tertiary/aromatic N) is 3. The van der Waals surface area contributed by atoms with E-state index in [1.807, 2.05) is 25.3 Å². The van der Waals surface area contributed by atoms with Crippen molar-refractivity contribution in [2.24, 2.45) is 10.9 Å². The summed E-state index contributed by atoms with van der Waals surface area (Å²) in [5.41, 5.74) is -0.277. The number of hydrogen-bond acceptors (Lipinski definition) is 5. The maximum Gasteiger partial charge on any atom is 0.410 e. The molecule has 3 rings (SSSR count). The van der Waals surface area contributed by atoms with E-state index in [4.69, 9.17) is 21.1 Å². The van der Waals surface area contributed by atoms with Crippen LogP contribution in [0.5, 0.6) is 5.75 Å². The van der Waals surface area contributed by atoms with Crippen molar-refractivity contribution in [2.45, 2.75) is 59.1 Å². The van der Waals surface area contributed by atoms with Crippen molar-refractivity contribution in [3.05, 3.63) is 44.7 Å². The molecule has 1 aromatic heterocycles. The van der Waals surface area contributed by atoms with Crippen LogP contribution in [-0.2, 0) is 16.7 Å². The van der Waals surface area contributed by atoms with Gasteiger partial charge in [0.05, 0.1) is 12.7 Å². The number of rotatable bonds is 4. The minimum Gasteiger partial charge on any atom is -0.496 e. The molecule has 9 heteroatoms. The molecule has 0 N–H and O–H groups in total. The highest BCUT2D eigenvalue weighted by Crippen LogP contribution is 2.27. The van der Waals surface area contributed by atoms with Crippen molar-refractivity contribution in [1.82, 2.24) is 9.47 Å². The zero-order chi connectivity index (χ0) is 24.6. The first-order chi connectivity index (χ1) is 15.3. The molecule has 2 amide bonds. The first kappa shape index (κ1) is 25.3. The number of methoxy groups -OCH3 is 1. The second kappa shape index (κ2) is 9.50. The minimum atomic E-state index is -0.514. The van der Waals surface area contributed by atoms with Gasteiger partial charge in [-0.2, -0.15) is 4.99 Å². The third kappa shape index (κ3) is 6.38. The maximum absolute atomic E-state index is 13.0. The average molecular weight is 494 g/mol. The molecule has 2 heterocycles. The van der Waals surface area contributed by atoms with E-state index < -0.39 is 11.5 Å². The van der Waals surface area contributed by atoms with Crippen LogP contribution in [-0.4, -0.2) is 47.3 Å². The number of thiazole rings is 1. The number of hydrogen-bond donors (Lipinski definition) is 0. The monoisotopic (exact) mass is 493 g/mol. The molecule has 1 aliphatic rings. The Hall–Kier alpha value is -2.32. The summed E-state index contributed by atoms with van der Waals surface area (Å²) < 4.78 is 12.8. The first-order valence-corrected chi connectivity index (χ1v) is 12.1. The van der Waals surface area contributed by atoms with Gasteiger partial charge in [-0.15, -0.1) is 11.3 Å². The lowest BCUT2D eigenvalue weighted by Gasteiger charge is -2.39. The van der Waals surface area contributed by atoms with Gasteiger partial charge in [-0.25, -0.2) is 4.79 Å². The van der Waals surface area contributed by atoms with Crippen molar-refractivity contribution in [2.75, 3.05) is 20.2 Å². The SMILES string of the molecule is COc1ccc(Cl)cc1C(=O)N=c1sc(C(C)(C)C)cn1CC1CN(C(=O)OC(C)(C)C)C1. The molecule has 2 aromatic rings. The number of aromatic nitrogens is 1. The van der Waals surface area contributed by atoms with Gasteiger partial charge in [-0.3, -0.25) is 4.79 Å². The Morgan fingerprint density at radius 2 is 1.85 bits per heavy atom. The third-order valence-corrected chi connectivity index (χ3v) is 6.79. The molecule has 7 nitrogen and oxygen atoms in total. The van der Waals surface area contributed by atoms with Gasteiger partial charge in [0.1, 0.15) is 11.4 Å². The van der Waals surface area contributed by atoms with Crippen molar-refractivity contribution >= 4 is 34.9 Å². The standard InChI is InChI=1S/C24H32ClN3O4S/c1-23(2,3)19-14-27(11-15-12-28(13-15)22(30)32-24(4,5)6)21(33-19)26-20(29)17-10-16(25)8-9-18(17)31-7/h8-10,14-15H,11-13H2,1-7H3. The Kier molecular flexibility index (Phi) is 7.29. The third-order valence-electron chi connectivity index (χ3n) is 5.11. The van der Waals surface area contributed by atoms with E-state index in [9.17, 15) is 9.59 Å². The van der Waals surface area contributed by atoms with E-state index >= 15 is 0 Å². The molecule has 0 radical (unpaired) electrons. The van der Waals surface area contributed by atoms with E-state index in [0.29, 0.717) is 40.8 Å². The Morgan fingerprint density at radius 3 is 2.42 bits per heavy atom. The van der Waals surface area contributed by atoms with E-state index in [-0.39, 0.29) is 17.4 Å². The highest BCUT2D eigenvalue weighted by atomic mass is 35.5. The average Bonchev–Trinajstić information content (AvgIpc) is 3.05. The second-order valence-electron chi connectivity index (χ2n) is 10.3. The quantitative estimate of drug-likeness (QED) is 0.592. The highest BCUT2D eigenvalue weighted by molar-refractivity contribution is 7.09. The molecule has 1 saturated heterocycles. The summed E-state index contributed by atoms with van der Waals surface area (Å²) >= 11 is 7.59. The minimum absolute atomic E-state index is 0.0842. The lowest BCUT2D eigenvalue weighted by molar-refractivity contribution is -0.00343. The topological polar surface area (TPSA) is 73.1 Å². The summed E-state index contributed by atoms with van der Waals surface area (Å²) in [6.07, 6.45) is 1.76. The second-order valence-corrected chi connectivity index (χ2v) is 11.7. The van der Waals surface area contributed by atoms with Crippen molar-refractivity contribution in [3.8, 4) is 5.75 Å². The van der Waals surface area contributed by atoms with Gasteiger partial charge in [0.2, 0.25) is 0 Å². The summed E-state index contributed by atoms with van der Waals surface area (Å²) in [4.78, 5) is 33.1. The number of halogens is 1. The lowest BCUT2D eigenvalue weighted by Crippen LogP contribution is -2.53. The van der Waals surface area contributed by atoms with Gasteiger partial charge in [0.15, 0.2) is 4.80 Å². The molecule has 33 heavy (non-hydrogen) atoms. The summed E-state index contributed by atoms with van der Waals surface area (Å²) in [5.74, 6) is 0.281. The largest absolute Gasteiger partial charge is 0.496 e. The first-order valence-electron chi connectivity index (χ1n) is 10.9. The van der Waals surface area contributed by atoms with E-state index in [1.54, 1.807) is 23.1 Å². The Labute approximate surface area is 204 Å². The molecule has 0 atom stereocenters. The van der Waals surface area contributed by atoms with Crippen LogP contribution in [0.15, 0.2) is 29.4 Å². The van der Waals surface area contributed by atoms with Crippen LogP contribution >= 0.6 is 22.9 Å². The summed E-state index contributed by atoms with van der Waals surface area (Å²) in [6, 6.07) is 4.90. The van der Waals surface area contributed by atoms with Crippen LogP contribution in [0.3, 0.4) is 0 Å². The van der Waals surface area contributed by atoms with E-state index in [0.717, 1.165) is 4.88 Å². The number of ether oxygens (including phenoxy) is 2. The zero-order valence-corrected chi connectivity index (χ0v) is 21.8. The zero-order valence-electron chi connectivity index (χ0n) is 20.3. The van der Waals surface area contributed by atoms with Gasteiger partial charge in [-0.05, 0) is 44.4 Å². The predicted octanol–water partition coefficient (Wildman–Crippen LogP) is 5.12. The van der Waals surface area contributed by atoms with Crippen LogP contribution in [0, 0.1) is 5.92 Å². The fourth-order valence-electron chi connectivity index (χ4n) is 3.38. The van der Waals surface area contributed by atoms with Crippen molar-refractivity contribution in [3.63, 3.8) is 0 Å². The maximum atomic E-state index is 13.0. The molecule has 1 aliphatic heterocycles. The highest BCUT2D eigenvalue weighted by Gasteiger charge is 2.34. The molecule has 0 saturated carbocycles. The number of benzene rings is 1. The van der Waals surface area contributed by atoms with Gasteiger partial charge in [-0.1, -0.05) is 32.4 Å². The van der Waals surface area contributed by atoms with Crippen molar-refractivity contribution < 1.29 is 19.1 Å². The van der Waals surface area contributed by atoms with Gasteiger partial charge < -0.3 is 18.9 Å². The van der Waals surface area contributed by atoms with Crippen LogP contribution in [0.25, 0.3) is 0 Å². The van der Waals surface area contributed by atoms with E-state index in [1.165, 1.54) is 18.4 Å². The number of carbonyl (C=O) groups is 2. The van der Waals surface area contributed by atoms with Gasteiger partial charge in [0.25, 0.3) is 5.91 Å². The normalized spacial score (nSPS) is 15.4. The van der Waals surface area contributed by atoms with Crippen LogP contribution in [0.2, 0.25) is 5.02 Å². The smallest absolute Gasteiger partial charge is 0.410 e. The fourth-order valence-corrected chi connectivity index (χ4v) is 4.61. The van der Waals surface area contributed by atoms with Crippen molar-refractivity contribution in [1.29, 1.82) is 0 Å². The molecule has 0 unspecified atom stereocenters. The summed E-state index contributed by atoms with van der Waals surface area (Å²) in [5, 5.41) is 0.445. The van der Waals surface area contributed by atoms with Crippen LogP contribution in [0.4, 0.5) is 4.79 Å². The summed E-state index contributed by atoms with van der Waals surface area (Å²) in [6.45, 7) is 13.8. The molecule has 1 aromatic carbocycles. The Morgan fingerprint density at radius 1 is 1.18 bits per heavy atom. The van der Waals surface area contributed by atoms with Crippen LogP contribution < -0.4 is 9.54 Å². The van der Waals surface area contributed by atoms with Gasteiger partial charge in [0, 0.05) is 41.6 Å². The molecular formula is C24H32ClN3O4S. The fraction of sp³-hybridized carbons (Fsp3) is 0.542. The molecule has 180 valence electrons. The van der Waals surface area contributed by atoms with Gasteiger partial charge >= 0.3 is 6.09 Å². The molecular weight excluding hydrogens is 462 g/mol. The number of likely N-dealkylation sites (tertiary alicyclic amines) is 1.